The Bertz CT molecular complexity index is 1240. The number of nitriles is 1. The van der Waals surface area contributed by atoms with E-state index in [4.69, 9.17) is 24.7 Å². The zero-order valence-corrected chi connectivity index (χ0v) is 19.6. The van der Waals surface area contributed by atoms with Gasteiger partial charge in [-0.3, -0.25) is 15.3 Å². The molecule has 190 valence electrons. The normalized spacial score (nSPS) is 12.1. The average molecular weight is 504 g/mol. The third-order valence-electron chi connectivity index (χ3n) is 4.93. The van der Waals surface area contributed by atoms with Gasteiger partial charge in [-0.15, -0.1) is 0 Å². The van der Waals surface area contributed by atoms with Crippen LogP contribution in [-0.4, -0.2) is 41.6 Å². The van der Waals surface area contributed by atoms with Crippen molar-refractivity contribution >= 4 is 17.7 Å². The largest absolute Gasteiger partial charge is 0.491 e. The van der Waals surface area contributed by atoms with Crippen molar-refractivity contribution in [2.75, 3.05) is 18.5 Å². The van der Waals surface area contributed by atoms with E-state index in [-0.39, 0.29) is 13.2 Å². The summed E-state index contributed by atoms with van der Waals surface area (Å²) >= 11 is 0. The van der Waals surface area contributed by atoms with Crippen LogP contribution in [0.15, 0.2) is 91.0 Å². The second-order valence-corrected chi connectivity index (χ2v) is 7.48. The Morgan fingerprint density at radius 1 is 1.00 bits per heavy atom. The fraction of sp³-hybridized carbons (Fsp3) is 0.148. The van der Waals surface area contributed by atoms with Gasteiger partial charge in [0.1, 0.15) is 18.1 Å². The summed E-state index contributed by atoms with van der Waals surface area (Å²) < 4.78 is 17.5. The van der Waals surface area contributed by atoms with Gasteiger partial charge >= 0.3 is 6.09 Å². The van der Waals surface area contributed by atoms with E-state index in [0.717, 1.165) is 6.08 Å². The fourth-order valence-corrected chi connectivity index (χ4v) is 3.28. The molecule has 3 aromatic carbocycles. The molecule has 10 nitrogen and oxygen atoms in total. The Hall–Kier alpha value is -4.85. The number of anilines is 1. The molecule has 10 heteroatoms. The quantitative estimate of drug-likeness (QED) is 0.176. The highest BCUT2D eigenvalue weighted by Gasteiger charge is 2.30. The first-order valence-corrected chi connectivity index (χ1v) is 11.2. The van der Waals surface area contributed by atoms with Crippen molar-refractivity contribution in [2.24, 2.45) is 0 Å². The van der Waals surface area contributed by atoms with Crippen LogP contribution < -0.4 is 20.3 Å². The summed E-state index contributed by atoms with van der Waals surface area (Å²) in [6.45, 7) is -0.242. The molecule has 0 unspecified atom stereocenters. The predicted octanol–water partition coefficient (Wildman–Crippen LogP) is 3.73. The molecule has 0 radical (unpaired) electrons. The van der Waals surface area contributed by atoms with Crippen molar-refractivity contribution < 1.29 is 34.1 Å². The first kappa shape index (κ1) is 26.7. The van der Waals surface area contributed by atoms with E-state index in [1.54, 1.807) is 78.9 Å². The van der Waals surface area contributed by atoms with E-state index < -0.39 is 24.2 Å². The van der Waals surface area contributed by atoms with Crippen LogP contribution in [0.5, 0.6) is 11.5 Å². The molecule has 0 saturated carbocycles. The van der Waals surface area contributed by atoms with E-state index in [2.05, 4.69) is 5.32 Å². The lowest BCUT2D eigenvalue weighted by Gasteiger charge is -2.27. The molecule has 0 aliphatic heterocycles. The molecule has 0 fully saturated rings. The number of hydrogen-bond donors (Lipinski definition) is 4. The number of aliphatic hydroxyl groups is 1. The van der Waals surface area contributed by atoms with Crippen LogP contribution in [0.2, 0.25) is 0 Å². The Labute approximate surface area is 213 Å². The van der Waals surface area contributed by atoms with Crippen LogP contribution in [0.4, 0.5) is 10.5 Å². The summed E-state index contributed by atoms with van der Waals surface area (Å²) in [5.74, 6) is -0.0573. The molecule has 2 amide bonds. The number of aliphatic hydroxyl groups excluding tert-OH is 1. The minimum atomic E-state index is -1.14. The fourth-order valence-electron chi connectivity index (χ4n) is 3.28. The molecule has 0 saturated heterocycles. The van der Waals surface area contributed by atoms with Crippen LogP contribution >= 0.6 is 0 Å². The number of carbonyl (C=O) groups is 2. The van der Waals surface area contributed by atoms with E-state index >= 15 is 0 Å². The molecule has 2 atom stereocenters. The lowest BCUT2D eigenvalue weighted by atomic mass is 10.0. The van der Waals surface area contributed by atoms with Gasteiger partial charge in [-0.2, -0.15) is 5.26 Å². The number of para-hydroxylation sites is 2. The van der Waals surface area contributed by atoms with Gasteiger partial charge in [0.25, 0.3) is 5.91 Å². The molecular weight excluding hydrogens is 478 g/mol. The Kier molecular flexibility index (Phi) is 10.0. The SMILES string of the molecule is N#Cc1ccc(NC(=O)O[C@@H](c2ccccc2OCCO)[C@H](/C=C/C(=O)NO)Oc2ccccc2)cc1. The van der Waals surface area contributed by atoms with Crippen molar-refractivity contribution in [1.29, 1.82) is 5.26 Å². The van der Waals surface area contributed by atoms with Crippen LogP contribution in [-0.2, 0) is 9.53 Å². The van der Waals surface area contributed by atoms with Gasteiger partial charge in [-0.25, -0.2) is 10.3 Å². The van der Waals surface area contributed by atoms with Crippen LogP contribution in [0.1, 0.15) is 17.2 Å². The standard InChI is InChI=1S/C27H25N3O7/c28-18-19-10-12-20(13-11-19)29-27(33)37-26(22-8-4-5-9-23(22)35-17-16-31)24(14-15-25(32)30-34)36-21-6-2-1-3-7-21/h1-15,24,26,31,34H,16-17H2,(H,29,33)(H,30,32)/b15-14+/t24-,26-/m0/s1. The van der Waals surface area contributed by atoms with Crippen molar-refractivity contribution in [1.82, 2.24) is 5.48 Å². The van der Waals surface area contributed by atoms with Crippen molar-refractivity contribution in [3.63, 3.8) is 0 Å². The maximum Gasteiger partial charge on any atom is 0.412 e. The minimum Gasteiger partial charge on any atom is -0.491 e. The third-order valence-corrected chi connectivity index (χ3v) is 4.93. The summed E-state index contributed by atoms with van der Waals surface area (Å²) in [5, 5.41) is 29.7. The first-order valence-electron chi connectivity index (χ1n) is 11.2. The van der Waals surface area contributed by atoms with Gasteiger partial charge in [0.15, 0.2) is 12.2 Å². The summed E-state index contributed by atoms with van der Waals surface area (Å²) in [6, 6.07) is 23.6. The Morgan fingerprint density at radius 2 is 1.70 bits per heavy atom. The second-order valence-electron chi connectivity index (χ2n) is 7.48. The van der Waals surface area contributed by atoms with E-state index in [1.165, 1.54) is 11.6 Å². The Morgan fingerprint density at radius 3 is 2.38 bits per heavy atom. The summed E-state index contributed by atoms with van der Waals surface area (Å²) in [5.41, 5.74) is 2.73. The number of nitrogens with zero attached hydrogens (tertiary/aromatic N) is 1. The van der Waals surface area contributed by atoms with E-state index in [9.17, 15) is 14.7 Å². The highest BCUT2D eigenvalue weighted by molar-refractivity contribution is 5.86. The molecule has 0 bridgehead atoms. The Balaban J connectivity index is 1.98. The van der Waals surface area contributed by atoms with Gasteiger partial charge in [-0.1, -0.05) is 36.4 Å². The second kappa shape index (κ2) is 13.9. The number of carbonyl (C=O) groups excluding carboxylic acids is 2. The smallest absolute Gasteiger partial charge is 0.412 e. The number of nitrogens with one attached hydrogen (secondary N) is 2. The maximum atomic E-state index is 12.9. The molecule has 0 aliphatic rings. The summed E-state index contributed by atoms with van der Waals surface area (Å²) in [4.78, 5) is 24.7. The number of benzene rings is 3. The zero-order chi connectivity index (χ0) is 26.5. The molecule has 4 N–H and O–H groups in total. The number of ether oxygens (including phenoxy) is 3. The highest BCUT2D eigenvalue weighted by atomic mass is 16.6. The van der Waals surface area contributed by atoms with Gasteiger partial charge in [-0.05, 0) is 48.5 Å². The monoisotopic (exact) mass is 503 g/mol. The number of hydroxylamine groups is 1. The molecule has 37 heavy (non-hydrogen) atoms. The molecule has 0 heterocycles. The number of rotatable bonds is 11. The van der Waals surface area contributed by atoms with E-state index in [1.807, 2.05) is 6.07 Å². The molecule has 0 aromatic heterocycles. The van der Waals surface area contributed by atoms with Gasteiger partial charge < -0.3 is 19.3 Å². The highest BCUT2D eigenvalue weighted by Crippen LogP contribution is 2.33. The molecule has 3 rings (SSSR count). The zero-order valence-electron chi connectivity index (χ0n) is 19.6. The van der Waals surface area contributed by atoms with Crippen molar-refractivity contribution in [3.8, 4) is 17.6 Å². The van der Waals surface area contributed by atoms with Gasteiger partial charge in [0.05, 0.1) is 18.2 Å². The molecule has 0 spiro atoms. The lowest BCUT2D eigenvalue weighted by molar-refractivity contribution is -0.124. The summed E-state index contributed by atoms with van der Waals surface area (Å²) in [7, 11) is 0. The van der Waals surface area contributed by atoms with E-state index in [0.29, 0.717) is 28.3 Å². The minimum absolute atomic E-state index is 0.00582. The molecular formula is C27H25N3O7. The van der Waals surface area contributed by atoms with Crippen LogP contribution in [0, 0.1) is 11.3 Å². The topological polar surface area (TPSA) is 150 Å². The lowest BCUT2D eigenvalue weighted by Crippen LogP contribution is -2.30. The summed E-state index contributed by atoms with van der Waals surface area (Å²) in [6.07, 6.45) is -0.657. The maximum absolute atomic E-state index is 12.9. The number of hydrogen-bond acceptors (Lipinski definition) is 8. The van der Waals surface area contributed by atoms with Gasteiger partial charge in [0.2, 0.25) is 0 Å². The average Bonchev–Trinajstić information content (AvgIpc) is 2.94. The van der Waals surface area contributed by atoms with Crippen molar-refractivity contribution in [3.05, 3.63) is 102 Å². The van der Waals surface area contributed by atoms with Gasteiger partial charge in [0, 0.05) is 17.3 Å². The molecule has 3 aromatic rings. The van der Waals surface area contributed by atoms with Crippen LogP contribution in [0.25, 0.3) is 0 Å². The first-order chi connectivity index (χ1) is 18.0. The predicted molar refractivity (Wildman–Crippen MR) is 133 cm³/mol. The number of amides is 2. The third kappa shape index (κ3) is 8.10. The van der Waals surface area contributed by atoms with Crippen LogP contribution in [0.3, 0.4) is 0 Å². The molecule has 0 aliphatic carbocycles. The van der Waals surface area contributed by atoms with Crippen molar-refractivity contribution in [2.45, 2.75) is 12.2 Å².